The first-order chi connectivity index (χ1) is 9.97. The van der Waals surface area contributed by atoms with Gasteiger partial charge in [-0.1, -0.05) is 15.9 Å². The average molecular weight is 394 g/mol. The van der Waals surface area contributed by atoms with Gasteiger partial charge in [0.2, 0.25) is 12.7 Å². The van der Waals surface area contributed by atoms with Gasteiger partial charge >= 0.3 is 11.9 Å². The number of alkyl halides is 1. The fraction of sp³-hybridized carbons (Fsp3) is 0.786. The van der Waals surface area contributed by atoms with E-state index in [-0.39, 0.29) is 16.1 Å². The first kappa shape index (κ1) is 17.6. The van der Waals surface area contributed by atoms with Crippen LogP contribution in [0.1, 0.15) is 34.6 Å². The molecule has 0 spiro atoms. The molecule has 8 heteroatoms. The Kier molecular flexibility index (Phi) is 4.56. The second kappa shape index (κ2) is 5.70. The van der Waals surface area contributed by atoms with E-state index in [1.165, 1.54) is 4.90 Å². The molecule has 2 aliphatic heterocycles. The van der Waals surface area contributed by atoms with Crippen LogP contribution >= 0.6 is 27.7 Å². The van der Waals surface area contributed by atoms with E-state index >= 15 is 0 Å². The third kappa shape index (κ3) is 2.99. The van der Waals surface area contributed by atoms with Crippen molar-refractivity contribution in [2.24, 2.45) is 5.41 Å². The van der Waals surface area contributed by atoms with Crippen molar-refractivity contribution in [1.82, 2.24) is 4.90 Å². The maximum atomic E-state index is 12.3. The second-order valence-electron chi connectivity index (χ2n) is 6.92. The number of rotatable bonds is 3. The topological polar surface area (TPSA) is 72.9 Å². The second-order valence-corrected chi connectivity index (χ2v) is 9.68. The number of thioether (sulfide) groups is 1. The SMILES string of the molecule is CC(C)(C)C(=O)OCOC(=O)[C@@H]1N2C(=O)[C@H](Br)[C@H]2SC1(C)C. The van der Waals surface area contributed by atoms with Crippen molar-refractivity contribution in [3.8, 4) is 0 Å². The van der Waals surface area contributed by atoms with Crippen LogP contribution in [0.2, 0.25) is 0 Å². The van der Waals surface area contributed by atoms with E-state index in [0.29, 0.717) is 0 Å². The molecule has 0 aliphatic carbocycles. The molecular weight excluding hydrogens is 374 g/mol. The number of hydrogen-bond acceptors (Lipinski definition) is 6. The van der Waals surface area contributed by atoms with Crippen molar-refractivity contribution in [1.29, 1.82) is 0 Å². The highest BCUT2D eigenvalue weighted by Gasteiger charge is 2.63. The lowest BCUT2D eigenvalue weighted by molar-refractivity contribution is -0.179. The summed E-state index contributed by atoms with van der Waals surface area (Å²) in [6.45, 7) is 8.51. The number of carbonyl (C=O) groups excluding carboxylic acids is 3. The Hall–Kier alpha value is -0.760. The highest BCUT2D eigenvalue weighted by Crippen LogP contribution is 2.52. The summed E-state index contributed by atoms with van der Waals surface area (Å²) in [5.74, 6) is -1.11. The van der Waals surface area contributed by atoms with Crippen LogP contribution < -0.4 is 0 Å². The molecule has 2 fully saturated rings. The summed E-state index contributed by atoms with van der Waals surface area (Å²) in [6.07, 6.45) is 0. The molecule has 2 aliphatic rings. The minimum absolute atomic E-state index is 0.0582. The third-order valence-corrected chi connectivity index (χ3v) is 6.42. The fourth-order valence-electron chi connectivity index (χ4n) is 2.38. The Morgan fingerprint density at radius 3 is 2.45 bits per heavy atom. The maximum Gasteiger partial charge on any atom is 0.333 e. The summed E-state index contributed by atoms with van der Waals surface area (Å²) in [5.41, 5.74) is -0.656. The summed E-state index contributed by atoms with van der Waals surface area (Å²) < 4.78 is 9.54. The van der Waals surface area contributed by atoms with Gasteiger partial charge in [-0.3, -0.25) is 9.59 Å². The van der Waals surface area contributed by atoms with E-state index in [4.69, 9.17) is 9.47 Å². The molecular formula is C14H20BrNO5S. The first-order valence-electron chi connectivity index (χ1n) is 6.95. The minimum Gasteiger partial charge on any atom is -0.427 e. The smallest absolute Gasteiger partial charge is 0.333 e. The van der Waals surface area contributed by atoms with Crippen LogP contribution in [0.3, 0.4) is 0 Å². The number of hydrogen-bond donors (Lipinski definition) is 0. The van der Waals surface area contributed by atoms with E-state index in [0.717, 1.165) is 0 Å². The molecule has 2 heterocycles. The van der Waals surface area contributed by atoms with Crippen molar-refractivity contribution in [3.05, 3.63) is 0 Å². The summed E-state index contributed by atoms with van der Waals surface area (Å²) in [6, 6.07) is -0.669. The number of nitrogens with zero attached hydrogens (tertiary/aromatic N) is 1. The Morgan fingerprint density at radius 1 is 1.32 bits per heavy atom. The molecule has 0 N–H and O–H groups in total. The number of β-lactam (4-membered cyclic amide) rings is 1. The van der Waals surface area contributed by atoms with Gasteiger partial charge in [-0.2, -0.15) is 0 Å². The van der Waals surface area contributed by atoms with Gasteiger partial charge in [0.25, 0.3) is 0 Å². The Morgan fingerprint density at radius 2 is 1.91 bits per heavy atom. The largest absolute Gasteiger partial charge is 0.427 e. The molecule has 2 rings (SSSR count). The molecule has 0 unspecified atom stereocenters. The van der Waals surface area contributed by atoms with Crippen molar-refractivity contribution < 1.29 is 23.9 Å². The Labute approximate surface area is 142 Å². The number of esters is 2. The molecule has 0 aromatic carbocycles. The Balaban J connectivity index is 1.95. The van der Waals surface area contributed by atoms with Crippen LogP contribution in [0.4, 0.5) is 0 Å². The molecule has 0 aromatic heterocycles. The van der Waals surface area contributed by atoms with E-state index in [9.17, 15) is 14.4 Å². The van der Waals surface area contributed by atoms with E-state index in [1.54, 1.807) is 32.5 Å². The van der Waals surface area contributed by atoms with E-state index in [1.807, 2.05) is 13.8 Å². The van der Waals surface area contributed by atoms with E-state index in [2.05, 4.69) is 15.9 Å². The zero-order valence-corrected chi connectivity index (χ0v) is 15.6. The summed E-state index contributed by atoms with van der Waals surface area (Å²) in [5, 5.41) is -0.0582. The van der Waals surface area contributed by atoms with Gasteiger partial charge in [0.15, 0.2) is 0 Å². The standard InChI is InChI=1S/C14H20BrNO5S/c1-13(2,3)12(19)21-6-20-11(18)8-14(4,5)22-10-7(15)9(17)16(8)10/h7-8,10H,6H2,1-5H3/t7-,8-,10+/m0/s1. The highest BCUT2D eigenvalue weighted by molar-refractivity contribution is 9.10. The Bertz CT molecular complexity index is 516. The highest BCUT2D eigenvalue weighted by atomic mass is 79.9. The average Bonchev–Trinajstić information content (AvgIpc) is 2.65. The predicted molar refractivity (Wildman–Crippen MR) is 85.3 cm³/mol. The molecule has 3 atom stereocenters. The predicted octanol–water partition coefficient (Wildman–Crippen LogP) is 1.90. The number of fused-ring (bicyclic) bond motifs is 1. The van der Waals surface area contributed by atoms with Crippen LogP contribution in [-0.2, 0) is 23.9 Å². The molecule has 1 amide bonds. The lowest BCUT2D eigenvalue weighted by Gasteiger charge is -2.41. The van der Waals surface area contributed by atoms with Gasteiger partial charge in [0, 0.05) is 4.75 Å². The zero-order chi connectivity index (χ0) is 16.9. The quantitative estimate of drug-likeness (QED) is 0.315. The van der Waals surface area contributed by atoms with Crippen LogP contribution in [-0.4, -0.2) is 50.5 Å². The normalized spacial score (nSPS) is 29.6. The van der Waals surface area contributed by atoms with Gasteiger partial charge in [0.05, 0.1) is 5.41 Å². The zero-order valence-electron chi connectivity index (χ0n) is 13.2. The van der Waals surface area contributed by atoms with Crippen LogP contribution in [0, 0.1) is 5.41 Å². The lowest BCUT2D eigenvalue weighted by Crippen LogP contribution is -2.63. The molecule has 124 valence electrons. The van der Waals surface area contributed by atoms with Gasteiger partial charge < -0.3 is 14.4 Å². The van der Waals surface area contributed by atoms with Crippen LogP contribution in [0.15, 0.2) is 0 Å². The molecule has 0 radical (unpaired) electrons. The van der Waals surface area contributed by atoms with Crippen molar-refractivity contribution in [2.45, 2.75) is 55.6 Å². The lowest BCUT2D eigenvalue weighted by atomic mass is 9.97. The monoisotopic (exact) mass is 393 g/mol. The molecule has 2 saturated heterocycles. The van der Waals surface area contributed by atoms with Gasteiger partial charge in [-0.25, -0.2) is 4.79 Å². The summed E-state index contributed by atoms with van der Waals surface area (Å²) in [7, 11) is 0. The van der Waals surface area contributed by atoms with Crippen LogP contribution in [0.5, 0.6) is 0 Å². The molecule has 6 nitrogen and oxygen atoms in total. The number of amides is 1. The number of ether oxygens (including phenoxy) is 2. The van der Waals surface area contributed by atoms with Crippen molar-refractivity contribution >= 4 is 45.5 Å². The van der Waals surface area contributed by atoms with E-state index < -0.39 is 34.9 Å². The molecule has 22 heavy (non-hydrogen) atoms. The van der Waals surface area contributed by atoms with Crippen molar-refractivity contribution in [2.75, 3.05) is 6.79 Å². The third-order valence-electron chi connectivity index (χ3n) is 3.60. The fourth-order valence-corrected chi connectivity index (χ4v) is 4.73. The summed E-state index contributed by atoms with van der Waals surface area (Å²) in [4.78, 5) is 37.1. The van der Waals surface area contributed by atoms with Gasteiger partial charge in [0.1, 0.15) is 16.2 Å². The maximum absolute atomic E-state index is 12.3. The van der Waals surface area contributed by atoms with Gasteiger partial charge in [-0.05, 0) is 34.6 Å². The van der Waals surface area contributed by atoms with Crippen molar-refractivity contribution in [3.63, 3.8) is 0 Å². The molecule has 0 bridgehead atoms. The molecule has 0 aromatic rings. The number of carbonyl (C=O) groups is 3. The minimum atomic E-state index is -0.669. The van der Waals surface area contributed by atoms with Crippen LogP contribution in [0.25, 0.3) is 0 Å². The first-order valence-corrected chi connectivity index (χ1v) is 8.74. The number of halogens is 1. The molecule has 0 saturated carbocycles. The van der Waals surface area contributed by atoms with Gasteiger partial charge in [-0.15, -0.1) is 11.8 Å². The summed E-state index contributed by atoms with van der Waals surface area (Å²) >= 11 is 4.88.